The van der Waals surface area contributed by atoms with E-state index in [0.717, 1.165) is 33.3 Å². The second kappa shape index (κ2) is 8.41. The van der Waals surface area contributed by atoms with Crippen LogP contribution in [0.15, 0.2) is 60.9 Å². The molecule has 29 heavy (non-hydrogen) atoms. The second-order valence-corrected chi connectivity index (χ2v) is 6.98. The van der Waals surface area contributed by atoms with E-state index in [0.29, 0.717) is 24.7 Å². The molecule has 2 aromatic carbocycles. The average Bonchev–Trinajstić information content (AvgIpc) is 3.10. The zero-order valence-electron chi connectivity index (χ0n) is 15.5. The number of carboxylic acids is 1. The highest BCUT2D eigenvalue weighted by Crippen LogP contribution is 2.28. The van der Waals surface area contributed by atoms with Gasteiger partial charge in [0, 0.05) is 34.6 Å². The van der Waals surface area contributed by atoms with Crippen LogP contribution in [0.4, 0.5) is 0 Å². The number of rotatable bonds is 8. The lowest BCUT2D eigenvalue weighted by atomic mass is 10.2. The topological polar surface area (TPSA) is 73.6 Å². The van der Waals surface area contributed by atoms with Crippen molar-refractivity contribution in [1.82, 2.24) is 9.55 Å². The number of fused-ring (bicyclic) bond motifs is 2. The molecule has 2 heterocycles. The minimum absolute atomic E-state index is 0.0775. The van der Waals surface area contributed by atoms with Gasteiger partial charge in [0.2, 0.25) is 0 Å². The van der Waals surface area contributed by atoms with E-state index in [9.17, 15) is 4.79 Å². The molecule has 7 heteroatoms. The summed E-state index contributed by atoms with van der Waals surface area (Å²) in [6.45, 7) is 0.904. The number of halogens is 1. The van der Waals surface area contributed by atoms with Crippen LogP contribution in [0.1, 0.15) is 6.42 Å². The Kier molecular flexibility index (Phi) is 5.53. The summed E-state index contributed by atoms with van der Waals surface area (Å²) in [4.78, 5) is 15.3. The molecule has 0 bridgehead atoms. The Labute approximate surface area is 172 Å². The van der Waals surface area contributed by atoms with Gasteiger partial charge in [-0.1, -0.05) is 17.7 Å². The number of hydrogen-bond acceptors (Lipinski definition) is 4. The van der Waals surface area contributed by atoms with Crippen LogP contribution in [0.25, 0.3) is 21.8 Å². The second-order valence-electron chi connectivity index (χ2n) is 6.55. The summed E-state index contributed by atoms with van der Waals surface area (Å²) >= 11 is 6.01. The molecule has 4 aromatic rings. The van der Waals surface area contributed by atoms with E-state index in [1.165, 1.54) is 0 Å². The van der Waals surface area contributed by atoms with E-state index in [1.54, 1.807) is 17.0 Å². The number of nitrogens with zero attached hydrogens (tertiary/aromatic N) is 2. The summed E-state index contributed by atoms with van der Waals surface area (Å²) in [7, 11) is 0. The van der Waals surface area contributed by atoms with Gasteiger partial charge >= 0.3 is 5.97 Å². The lowest BCUT2D eigenvalue weighted by molar-refractivity contribution is -0.137. The maximum atomic E-state index is 11.0. The Hall–Kier alpha value is -3.25. The van der Waals surface area contributed by atoms with Crippen molar-refractivity contribution in [3.05, 3.63) is 65.9 Å². The van der Waals surface area contributed by atoms with E-state index >= 15 is 0 Å². The fraction of sp³-hybridized carbons (Fsp3) is 0.182. The average molecular weight is 411 g/mol. The Morgan fingerprint density at radius 1 is 1.03 bits per heavy atom. The van der Waals surface area contributed by atoms with E-state index in [-0.39, 0.29) is 6.54 Å². The van der Waals surface area contributed by atoms with Crippen molar-refractivity contribution in [2.24, 2.45) is 0 Å². The van der Waals surface area contributed by atoms with Gasteiger partial charge in [0.1, 0.15) is 18.0 Å². The first-order chi connectivity index (χ1) is 14.1. The Morgan fingerprint density at radius 2 is 1.83 bits per heavy atom. The summed E-state index contributed by atoms with van der Waals surface area (Å²) in [6.07, 6.45) is 4.16. The first-order valence-electron chi connectivity index (χ1n) is 9.21. The molecule has 1 N–H and O–H groups in total. The van der Waals surface area contributed by atoms with Crippen LogP contribution < -0.4 is 9.47 Å². The van der Waals surface area contributed by atoms with Gasteiger partial charge in [-0.2, -0.15) is 0 Å². The van der Waals surface area contributed by atoms with Gasteiger partial charge in [0.05, 0.1) is 24.2 Å². The van der Waals surface area contributed by atoms with Gasteiger partial charge in [-0.05, 0) is 42.5 Å². The molecule has 0 atom stereocenters. The molecule has 0 aliphatic rings. The minimum atomic E-state index is -0.878. The largest absolute Gasteiger partial charge is 0.493 e. The predicted octanol–water partition coefficient (Wildman–Crippen LogP) is 4.78. The number of benzene rings is 2. The first kappa shape index (κ1) is 19.1. The summed E-state index contributed by atoms with van der Waals surface area (Å²) in [5.74, 6) is 0.618. The third-order valence-electron chi connectivity index (χ3n) is 4.55. The van der Waals surface area contributed by atoms with Gasteiger partial charge in [0.15, 0.2) is 0 Å². The molecular formula is C22H19ClN2O4. The number of carboxylic acid groups (broad SMARTS) is 1. The van der Waals surface area contributed by atoms with E-state index < -0.39 is 5.97 Å². The molecule has 0 spiro atoms. The smallest absolute Gasteiger partial charge is 0.323 e. The molecule has 0 aliphatic carbocycles. The van der Waals surface area contributed by atoms with Crippen LogP contribution in [0.2, 0.25) is 5.02 Å². The van der Waals surface area contributed by atoms with Gasteiger partial charge in [-0.15, -0.1) is 0 Å². The third-order valence-corrected chi connectivity index (χ3v) is 4.78. The Balaban J connectivity index is 1.36. The monoisotopic (exact) mass is 410 g/mol. The molecule has 0 aliphatic heterocycles. The highest BCUT2D eigenvalue weighted by Gasteiger charge is 2.09. The molecule has 4 rings (SSSR count). The summed E-state index contributed by atoms with van der Waals surface area (Å²) in [5.41, 5.74) is 1.63. The highest BCUT2D eigenvalue weighted by atomic mass is 35.5. The van der Waals surface area contributed by atoms with Gasteiger partial charge in [-0.3, -0.25) is 9.78 Å². The number of pyridine rings is 1. The molecule has 0 saturated carbocycles. The molecular weight excluding hydrogens is 392 g/mol. The van der Waals surface area contributed by atoms with E-state index in [4.69, 9.17) is 26.2 Å². The molecule has 0 radical (unpaired) electrons. The number of hydrogen-bond donors (Lipinski definition) is 1. The van der Waals surface area contributed by atoms with Crippen LogP contribution in [0.5, 0.6) is 11.5 Å². The third kappa shape index (κ3) is 4.27. The van der Waals surface area contributed by atoms with E-state index in [1.807, 2.05) is 48.5 Å². The van der Waals surface area contributed by atoms with Crippen molar-refractivity contribution >= 4 is 39.4 Å². The van der Waals surface area contributed by atoms with Crippen LogP contribution in [-0.2, 0) is 11.3 Å². The van der Waals surface area contributed by atoms with Crippen LogP contribution in [0, 0.1) is 0 Å². The summed E-state index contributed by atoms with van der Waals surface area (Å²) < 4.78 is 13.5. The molecule has 6 nitrogen and oxygen atoms in total. The lowest BCUT2D eigenvalue weighted by Crippen LogP contribution is -2.07. The van der Waals surface area contributed by atoms with Crippen LogP contribution in [-0.4, -0.2) is 33.8 Å². The van der Waals surface area contributed by atoms with Gasteiger partial charge in [0.25, 0.3) is 0 Å². The number of aromatic nitrogens is 2. The fourth-order valence-corrected chi connectivity index (χ4v) is 3.42. The van der Waals surface area contributed by atoms with Crippen molar-refractivity contribution in [3.63, 3.8) is 0 Å². The standard InChI is InChI=1S/C22H19ClN2O4/c23-15-5-6-16-18(13-15)24-9-7-21(16)29-12-2-11-28-20-4-1-3-19-17(20)8-10-25(19)14-22(26)27/h1,3-10,13H,2,11-12,14H2,(H,26,27). The van der Waals surface area contributed by atoms with Crippen LogP contribution >= 0.6 is 11.6 Å². The number of ether oxygens (including phenoxy) is 2. The van der Waals surface area contributed by atoms with Crippen molar-refractivity contribution in [1.29, 1.82) is 0 Å². The molecule has 0 fully saturated rings. The Bertz CT molecular complexity index is 1170. The predicted molar refractivity (Wildman–Crippen MR) is 112 cm³/mol. The zero-order chi connectivity index (χ0) is 20.2. The quantitative estimate of drug-likeness (QED) is 0.423. The Morgan fingerprint density at radius 3 is 2.62 bits per heavy atom. The lowest BCUT2D eigenvalue weighted by Gasteiger charge is -2.11. The van der Waals surface area contributed by atoms with Crippen molar-refractivity contribution < 1.29 is 19.4 Å². The van der Waals surface area contributed by atoms with Crippen LogP contribution in [0.3, 0.4) is 0 Å². The zero-order valence-corrected chi connectivity index (χ0v) is 16.3. The molecule has 0 saturated heterocycles. The summed E-state index contributed by atoms with van der Waals surface area (Å²) in [6, 6.07) is 14.9. The van der Waals surface area contributed by atoms with Gasteiger partial charge in [-0.25, -0.2) is 0 Å². The highest BCUT2D eigenvalue weighted by molar-refractivity contribution is 6.31. The van der Waals surface area contributed by atoms with Crippen molar-refractivity contribution in [3.8, 4) is 11.5 Å². The molecule has 2 aromatic heterocycles. The maximum Gasteiger partial charge on any atom is 0.323 e. The minimum Gasteiger partial charge on any atom is -0.493 e. The van der Waals surface area contributed by atoms with E-state index in [2.05, 4.69) is 4.98 Å². The maximum absolute atomic E-state index is 11.0. The summed E-state index contributed by atoms with van der Waals surface area (Å²) in [5, 5.41) is 11.5. The van der Waals surface area contributed by atoms with Gasteiger partial charge < -0.3 is 19.1 Å². The van der Waals surface area contributed by atoms with Crippen molar-refractivity contribution in [2.45, 2.75) is 13.0 Å². The molecule has 0 amide bonds. The first-order valence-corrected chi connectivity index (χ1v) is 9.59. The fourth-order valence-electron chi connectivity index (χ4n) is 3.25. The SMILES string of the molecule is O=C(O)Cn1ccc2c(OCCCOc3ccnc4cc(Cl)ccc34)cccc21. The molecule has 0 unspecified atom stereocenters. The van der Waals surface area contributed by atoms with Crippen molar-refractivity contribution in [2.75, 3.05) is 13.2 Å². The number of aliphatic carboxylic acids is 1. The normalized spacial score (nSPS) is 11.1. The number of carbonyl (C=O) groups is 1. The molecule has 148 valence electrons.